The highest BCUT2D eigenvalue weighted by Gasteiger charge is 2.22. The molecule has 1 N–H and O–H groups in total. The van der Waals surface area contributed by atoms with Crippen molar-refractivity contribution >= 4 is 22.6 Å². The summed E-state index contributed by atoms with van der Waals surface area (Å²) in [5, 5.41) is 3.41. The Labute approximate surface area is 114 Å². The van der Waals surface area contributed by atoms with Crippen molar-refractivity contribution in [3.8, 4) is 0 Å². The number of aliphatic imine (C=N–C) groups is 1. The van der Waals surface area contributed by atoms with Gasteiger partial charge in [0.1, 0.15) is 11.5 Å². The average molecular weight is 288 g/mol. The maximum atomic E-state index is 13.5. The Kier molecular flexibility index (Phi) is 4.39. The summed E-state index contributed by atoms with van der Waals surface area (Å²) in [6, 6.07) is 1.30. The van der Waals surface area contributed by atoms with Crippen molar-refractivity contribution in [3.63, 3.8) is 0 Å². The van der Waals surface area contributed by atoms with Gasteiger partial charge in [0.15, 0.2) is 16.8 Å². The van der Waals surface area contributed by atoms with Gasteiger partial charge in [-0.1, -0.05) is 25.6 Å². The van der Waals surface area contributed by atoms with Gasteiger partial charge in [0.2, 0.25) is 0 Å². The van der Waals surface area contributed by atoms with Crippen LogP contribution < -0.4 is 5.32 Å². The first kappa shape index (κ1) is 14.2. The molecule has 1 aliphatic rings. The van der Waals surface area contributed by atoms with E-state index in [0.717, 1.165) is 6.42 Å². The lowest BCUT2D eigenvalue weighted by Gasteiger charge is -2.12. The van der Waals surface area contributed by atoms with Crippen LogP contribution in [0.3, 0.4) is 0 Å². The van der Waals surface area contributed by atoms with Gasteiger partial charge < -0.3 is 5.32 Å². The molecule has 0 saturated carbocycles. The molecule has 0 aliphatic carbocycles. The van der Waals surface area contributed by atoms with Crippen LogP contribution in [0.2, 0.25) is 0 Å². The Balaban J connectivity index is 2.04. The minimum absolute atomic E-state index is 0.328. The van der Waals surface area contributed by atoms with Gasteiger partial charge in [-0.15, -0.1) is 0 Å². The SMILES string of the molecule is CC(C)CC1CN=C(Nc2c(F)cc(F)cc2F)S1. The molecule has 1 aliphatic heterocycles. The number of hydrogen-bond acceptors (Lipinski definition) is 3. The monoisotopic (exact) mass is 288 g/mol. The molecule has 0 bridgehead atoms. The Morgan fingerprint density at radius 2 is 1.95 bits per heavy atom. The number of amidine groups is 1. The number of anilines is 1. The average Bonchev–Trinajstić information content (AvgIpc) is 2.70. The van der Waals surface area contributed by atoms with Crippen molar-refractivity contribution in [1.82, 2.24) is 0 Å². The fourth-order valence-electron chi connectivity index (χ4n) is 1.90. The molecule has 0 aromatic heterocycles. The minimum Gasteiger partial charge on any atom is -0.330 e. The third-order valence-electron chi connectivity index (χ3n) is 2.69. The fraction of sp³-hybridized carbons (Fsp3) is 0.462. The van der Waals surface area contributed by atoms with Crippen LogP contribution in [0.15, 0.2) is 17.1 Å². The van der Waals surface area contributed by atoms with Crippen LogP contribution >= 0.6 is 11.8 Å². The van der Waals surface area contributed by atoms with Crippen LogP contribution in [0.25, 0.3) is 0 Å². The number of nitrogens with zero attached hydrogens (tertiary/aromatic N) is 1. The molecule has 1 unspecified atom stereocenters. The Morgan fingerprint density at radius 3 is 2.53 bits per heavy atom. The van der Waals surface area contributed by atoms with Crippen LogP contribution in [-0.4, -0.2) is 17.0 Å². The Morgan fingerprint density at radius 1 is 1.32 bits per heavy atom. The normalized spacial score (nSPS) is 18.8. The molecular formula is C13H15F3N2S. The summed E-state index contributed by atoms with van der Waals surface area (Å²) in [4.78, 5) is 4.21. The van der Waals surface area contributed by atoms with Crippen molar-refractivity contribution in [2.45, 2.75) is 25.5 Å². The summed E-state index contributed by atoms with van der Waals surface area (Å²) in [5.74, 6) is -2.29. The van der Waals surface area contributed by atoms with Crippen molar-refractivity contribution in [2.75, 3.05) is 11.9 Å². The molecule has 1 heterocycles. The van der Waals surface area contributed by atoms with Crippen molar-refractivity contribution in [2.24, 2.45) is 10.9 Å². The predicted molar refractivity (Wildman–Crippen MR) is 73.1 cm³/mol. The molecule has 0 fully saturated rings. The zero-order valence-electron chi connectivity index (χ0n) is 10.7. The van der Waals surface area contributed by atoms with E-state index in [4.69, 9.17) is 0 Å². The minimum atomic E-state index is -0.951. The topological polar surface area (TPSA) is 24.4 Å². The summed E-state index contributed by atoms with van der Waals surface area (Å²) in [7, 11) is 0. The summed E-state index contributed by atoms with van der Waals surface area (Å²) < 4.78 is 39.7. The molecule has 2 rings (SSSR count). The number of halogens is 3. The third-order valence-corrected chi connectivity index (χ3v) is 3.82. The van der Waals surface area contributed by atoms with E-state index in [1.807, 2.05) is 0 Å². The second-order valence-corrected chi connectivity index (χ2v) is 6.17. The van der Waals surface area contributed by atoms with Crippen molar-refractivity contribution in [3.05, 3.63) is 29.6 Å². The van der Waals surface area contributed by atoms with E-state index in [-0.39, 0.29) is 5.69 Å². The first-order chi connectivity index (χ1) is 8.95. The van der Waals surface area contributed by atoms with Crippen molar-refractivity contribution < 1.29 is 13.2 Å². The van der Waals surface area contributed by atoms with Crippen LogP contribution in [0, 0.1) is 23.4 Å². The van der Waals surface area contributed by atoms with E-state index in [1.54, 1.807) is 0 Å². The molecule has 104 valence electrons. The Bertz CT molecular complexity index is 480. The van der Waals surface area contributed by atoms with Gasteiger partial charge in [-0.3, -0.25) is 4.99 Å². The zero-order valence-corrected chi connectivity index (χ0v) is 11.5. The summed E-state index contributed by atoms with van der Waals surface area (Å²) >= 11 is 1.47. The van der Waals surface area contributed by atoms with Crippen LogP contribution in [0.4, 0.5) is 18.9 Å². The van der Waals surface area contributed by atoms with Gasteiger partial charge in [-0.05, 0) is 12.3 Å². The van der Waals surface area contributed by atoms with E-state index < -0.39 is 17.5 Å². The smallest absolute Gasteiger partial charge is 0.161 e. The van der Waals surface area contributed by atoms with Crippen LogP contribution in [0.5, 0.6) is 0 Å². The van der Waals surface area contributed by atoms with E-state index in [0.29, 0.717) is 35.0 Å². The van der Waals surface area contributed by atoms with Gasteiger partial charge in [0, 0.05) is 17.4 Å². The number of thioether (sulfide) groups is 1. The van der Waals surface area contributed by atoms with E-state index in [9.17, 15) is 13.2 Å². The zero-order chi connectivity index (χ0) is 14.0. The second kappa shape index (κ2) is 5.86. The van der Waals surface area contributed by atoms with Crippen LogP contribution in [-0.2, 0) is 0 Å². The third kappa shape index (κ3) is 3.65. The molecule has 1 atom stereocenters. The lowest BCUT2D eigenvalue weighted by atomic mass is 10.1. The second-order valence-electron chi connectivity index (χ2n) is 4.88. The molecule has 1 aromatic rings. The largest absolute Gasteiger partial charge is 0.330 e. The fourth-order valence-corrected chi connectivity index (χ4v) is 3.16. The highest BCUT2D eigenvalue weighted by Crippen LogP contribution is 2.29. The molecule has 0 spiro atoms. The van der Waals surface area contributed by atoms with E-state index in [1.165, 1.54) is 11.8 Å². The molecule has 6 heteroatoms. The van der Waals surface area contributed by atoms with Gasteiger partial charge in [0.05, 0.1) is 6.54 Å². The molecular weight excluding hydrogens is 273 g/mol. The predicted octanol–water partition coefficient (Wildman–Crippen LogP) is 4.03. The summed E-state index contributed by atoms with van der Waals surface area (Å²) in [5.41, 5.74) is -0.349. The number of nitrogens with one attached hydrogen (secondary N) is 1. The maximum absolute atomic E-state index is 13.5. The number of hydrogen-bond donors (Lipinski definition) is 1. The highest BCUT2D eigenvalue weighted by atomic mass is 32.2. The first-order valence-electron chi connectivity index (χ1n) is 6.08. The van der Waals surface area contributed by atoms with Crippen molar-refractivity contribution in [1.29, 1.82) is 0 Å². The van der Waals surface area contributed by atoms with Crippen LogP contribution in [0.1, 0.15) is 20.3 Å². The standard InChI is InChI=1S/C13H15F3N2S/c1-7(2)3-9-6-17-13(19-9)18-12-10(15)4-8(14)5-11(12)16/h4-5,7,9H,3,6H2,1-2H3,(H,17,18). The molecule has 0 saturated heterocycles. The molecule has 1 aromatic carbocycles. The van der Waals surface area contributed by atoms with E-state index >= 15 is 0 Å². The lowest BCUT2D eigenvalue weighted by molar-refractivity contribution is 0.549. The first-order valence-corrected chi connectivity index (χ1v) is 6.96. The highest BCUT2D eigenvalue weighted by molar-refractivity contribution is 8.15. The van der Waals surface area contributed by atoms with E-state index in [2.05, 4.69) is 24.2 Å². The quantitative estimate of drug-likeness (QED) is 0.908. The molecule has 19 heavy (non-hydrogen) atoms. The van der Waals surface area contributed by atoms with Gasteiger partial charge in [-0.25, -0.2) is 13.2 Å². The molecule has 0 radical (unpaired) electrons. The number of rotatable bonds is 3. The molecule has 2 nitrogen and oxygen atoms in total. The lowest BCUT2D eigenvalue weighted by Crippen LogP contribution is -2.11. The van der Waals surface area contributed by atoms with Gasteiger partial charge in [-0.2, -0.15) is 0 Å². The molecule has 0 amide bonds. The number of benzene rings is 1. The summed E-state index contributed by atoms with van der Waals surface area (Å²) in [6.45, 7) is 4.87. The van der Waals surface area contributed by atoms with Gasteiger partial charge in [0.25, 0.3) is 0 Å². The van der Waals surface area contributed by atoms with Gasteiger partial charge >= 0.3 is 0 Å². The maximum Gasteiger partial charge on any atom is 0.161 e. The Hall–Kier alpha value is -1.17. The summed E-state index contributed by atoms with van der Waals surface area (Å²) in [6.07, 6.45) is 0.994.